The Morgan fingerprint density at radius 2 is 1.65 bits per heavy atom. The van der Waals surface area contributed by atoms with E-state index in [0.717, 1.165) is 12.1 Å². The van der Waals surface area contributed by atoms with Gasteiger partial charge in [-0.25, -0.2) is 0 Å². The van der Waals surface area contributed by atoms with Crippen LogP contribution in [-0.2, 0) is 6.42 Å². The lowest BCUT2D eigenvalue weighted by Crippen LogP contribution is -2.03. The Hall–Kier alpha value is -2.41. The molecule has 4 N–H and O–H groups in total. The molecule has 0 saturated heterocycles. The molecule has 122 valence electrons. The summed E-state index contributed by atoms with van der Waals surface area (Å²) in [5.74, 6) is -1.52. The molecule has 2 rings (SSSR count). The molecule has 0 fully saturated rings. The molecule has 0 unspecified atom stereocenters. The zero-order chi connectivity index (χ0) is 17.1. The van der Waals surface area contributed by atoms with Crippen molar-refractivity contribution in [1.29, 1.82) is 0 Å². The first-order valence-electron chi connectivity index (χ1n) is 6.67. The first kappa shape index (κ1) is 17.0. The second-order valence-corrected chi connectivity index (χ2v) is 5.75. The number of Topliss-reactive ketones (excluding diaryl/α,β-unsaturated/α-hetero) is 1. The highest BCUT2D eigenvalue weighted by molar-refractivity contribution is 9.10. The lowest BCUT2D eigenvalue weighted by atomic mass is 10.0. The third-order valence-electron chi connectivity index (χ3n) is 3.33. The van der Waals surface area contributed by atoms with Gasteiger partial charge in [0.2, 0.25) is 0 Å². The van der Waals surface area contributed by atoms with Crippen LogP contribution in [0.3, 0.4) is 0 Å². The van der Waals surface area contributed by atoms with E-state index in [-0.39, 0.29) is 29.9 Å². The van der Waals surface area contributed by atoms with E-state index in [9.17, 15) is 25.2 Å². The van der Waals surface area contributed by atoms with Crippen molar-refractivity contribution < 1.29 is 30.0 Å². The Bertz CT molecular complexity index is 733. The van der Waals surface area contributed by atoms with Gasteiger partial charge in [0.15, 0.2) is 17.3 Å². The van der Waals surface area contributed by atoms with Gasteiger partial charge in [-0.05, 0) is 24.1 Å². The molecule has 2 aromatic rings. The highest BCUT2D eigenvalue weighted by Gasteiger charge is 2.18. The number of rotatable bonds is 5. The lowest BCUT2D eigenvalue weighted by Gasteiger charge is -2.10. The SMILES string of the molecule is COc1cc(Br)c(CCC(=O)c2c(O)cc(O)cc2O)cc1O. The molecular weight excluding hydrogens is 368 g/mol. The number of aryl methyl sites for hydroxylation is 1. The number of carbonyl (C=O) groups excluding carboxylic acids is 1. The summed E-state index contributed by atoms with van der Waals surface area (Å²) in [5.41, 5.74) is 0.436. The van der Waals surface area contributed by atoms with Gasteiger partial charge >= 0.3 is 0 Å². The van der Waals surface area contributed by atoms with E-state index >= 15 is 0 Å². The Morgan fingerprint density at radius 3 is 2.22 bits per heavy atom. The molecule has 0 saturated carbocycles. The largest absolute Gasteiger partial charge is 0.508 e. The number of hydrogen-bond acceptors (Lipinski definition) is 6. The van der Waals surface area contributed by atoms with E-state index in [0.29, 0.717) is 15.8 Å². The number of ether oxygens (including phenoxy) is 1. The topological polar surface area (TPSA) is 107 Å². The van der Waals surface area contributed by atoms with Gasteiger partial charge in [-0.15, -0.1) is 0 Å². The van der Waals surface area contributed by atoms with Crippen molar-refractivity contribution in [3.63, 3.8) is 0 Å². The predicted molar refractivity (Wildman–Crippen MR) is 86.4 cm³/mol. The molecule has 0 bridgehead atoms. The maximum absolute atomic E-state index is 12.2. The molecule has 0 aliphatic heterocycles. The Balaban J connectivity index is 2.19. The molecule has 0 aromatic heterocycles. The number of carbonyl (C=O) groups is 1. The van der Waals surface area contributed by atoms with Crippen molar-refractivity contribution in [1.82, 2.24) is 0 Å². The molecule has 0 atom stereocenters. The summed E-state index contributed by atoms with van der Waals surface area (Å²) >= 11 is 3.33. The lowest BCUT2D eigenvalue weighted by molar-refractivity contribution is 0.0977. The predicted octanol–water partition coefficient (Wildman–Crippen LogP) is 3.10. The smallest absolute Gasteiger partial charge is 0.170 e. The van der Waals surface area contributed by atoms with Gasteiger partial charge in [0.05, 0.1) is 7.11 Å². The maximum atomic E-state index is 12.2. The number of aromatic hydroxyl groups is 4. The molecule has 23 heavy (non-hydrogen) atoms. The van der Waals surface area contributed by atoms with Gasteiger partial charge < -0.3 is 25.2 Å². The van der Waals surface area contributed by atoms with E-state index in [1.807, 2.05) is 0 Å². The number of halogens is 1. The Labute approximate surface area is 140 Å². The van der Waals surface area contributed by atoms with E-state index in [4.69, 9.17) is 4.74 Å². The minimum atomic E-state index is -0.484. The fraction of sp³-hybridized carbons (Fsp3) is 0.188. The summed E-state index contributed by atoms with van der Waals surface area (Å²) in [5, 5.41) is 38.4. The van der Waals surface area contributed by atoms with E-state index in [1.165, 1.54) is 13.2 Å². The van der Waals surface area contributed by atoms with Crippen molar-refractivity contribution in [3.05, 3.63) is 39.9 Å². The van der Waals surface area contributed by atoms with Gasteiger partial charge in [0, 0.05) is 23.0 Å². The van der Waals surface area contributed by atoms with Crippen LogP contribution in [0.4, 0.5) is 0 Å². The van der Waals surface area contributed by atoms with Crippen molar-refractivity contribution in [2.75, 3.05) is 7.11 Å². The normalized spacial score (nSPS) is 10.5. The third kappa shape index (κ3) is 3.68. The van der Waals surface area contributed by atoms with Crippen molar-refractivity contribution in [2.45, 2.75) is 12.8 Å². The molecule has 0 heterocycles. The quantitative estimate of drug-likeness (QED) is 0.591. The average Bonchev–Trinajstić information content (AvgIpc) is 2.46. The van der Waals surface area contributed by atoms with Crippen LogP contribution in [0, 0.1) is 0 Å². The van der Waals surface area contributed by atoms with Crippen LogP contribution in [0.25, 0.3) is 0 Å². The fourth-order valence-corrected chi connectivity index (χ4v) is 2.72. The third-order valence-corrected chi connectivity index (χ3v) is 4.07. The maximum Gasteiger partial charge on any atom is 0.170 e. The van der Waals surface area contributed by atoms with Crippen LogP contribution in [0.2, 0.25) is 0 Å². The summed E-state index contributed by atoms with van der Waals surface area (Å²) in [6.45, 7) is 0. The number of phenols is 4. The molecule has 0 aliphatic carbocycles. The van der Waals surface area contributed by atoms with Gasteiger partial charge in [0.1, 0.15) is 22.8 Å². The Kier molecular flexibility index (Phi) is 5.00. The van der Waals surface area contributed by atoms with Gasteiger partial charge in [-0.2, -0.15) is 0 Å². The van der Waals surface area contributed by atoms with Crippen LogP contribution in [-0.4, -0.2) is 33.3 Å². The second-order valence-electron chi connectivity index (χ2n) is 4.90. The van der Waals surface area contributed by atoms with Gasteiger partial charge in [-0.1, -0.05) is 15.9 Å². The van der Waals surface area contributed by atoms with Crippen LogP contribution < -0.4 is 4.74 Å². The molecule has 0 spiro atoms. The monoisotopic (exact) mass is 382 g/mol. The first-order chi connectivity index (χ1) is 10.8. The molecule has 0 amide bonds. The van der Waals surface area contributed by atoms with Crippen LogP contribution in [0.1, 0.15) is 22.3 Å². The molecule has 0 radical (unpaired) electrons. The van der Waals surface area contributed by atoms with E-state index < -0.39 is 17.3 Å². The summed E-state index contributed by atoms with van der Waals surface area (Å²) in [6, 6.07) is 5.04. The van der Waals surface area contributed by atoms with Gasteiger partial charge in [0.25, 0.3) is 0 Å². The van der Waals surface area contributed by atoms with E-state index in [1.54, 1.807) is 6.07 Å². The number of benzene rings is 2. The zero-order valence-electron chi connectivity index (χ0n) is 12.2. The molecular formula is C16H15BrO6. The molecule has 0 aliphatic rings. The fourth-order valence-electron chi connectivity index (χ4n) is 2.20. The second kappa shape index (κ2) is 6.78. The number of phenolic OH excluding ortho intramolecular Hbond substituents is 4. The van der Waals surface area contributed by atoms with Gasteiger partial charge in [-0.3, -0.25) is 4.79 Å². The molecule has 6 nitrogen and oxygen atoms in total. The highest BCUT2D eigenvalue weighted by Crippen LogP contribution is 2.35. The van der Waals surface area contributed by atoms with Crippen LogP contribution >= 0.6 is 15.9 Å². The number of methoxy groups -OCH3 is 1. The average molecular weight is 383 g/mol. The highest BCUT2D eigenvalue weighted by atomic mass is 79.9. The summed E-state index contributed by atoms with van der Waals surface area (Å²) in [7, 11) is 1.43. The van der Waals surface area contributed by atoms with Crippen molar-refractivity contribution in [2.24, 2.45) is 0 Å². The van der Waals surface area contributed by atoms with Crippen molar-refractivity contribution >= 4 is 21.7 Å². The molecule has 7 heteroatoms. The Morgan fingerprint density at radius 1 is 1.04 bits per heavy atom. The van der Waals surface area contributed by atoms with Crippen LogP contribution in [0.15, 0.2) is 28.7 Å². The molecule has 2 aromatic carbocycles. The number of ketones is 1. The van der Waals surface area contributed by atoms with E-state index in [2.05, 4.69) is 15.9 Å². The van der Waals surface area contributed by atoms with Crippen LogP contribution in [0.5, 0.6) is 28.7 Å². The summed E-state index contributed by atoms with van der Waals surface area (Å²) in [6.07, 6.45) is 0.271. The first-order valence-corrected chi connectivity index (χ1v) is 7.46. The minimum Gasteiger partial charge on any atom is -0.508 e. The summed E-state index contributed by atoms with van der Waals surface area (Å²) < 4.78 is 5.65. The zero-order valence-corrected chi connectivity index (χ0v) is 13.8. The minimum absolute atomic E-state index is 0.00371. The standard InChI is InChI=1S/C16H15BrO6/c1-23-15-7-10(17)8(4-12(15)20)2-3-11(19)16-13(21)5-9(18)6-14(16)22/h4-7,18,20-22H,2-3H2,1H3. The number of hydrogen-bond donors (Lipinski definition) is 4. The van der Waals surface area contributed by atoms with Crippen molar-refractivity contribution in [3.8, 4) is 28.7 Å². The summed E-state index contributed by atoms with van der Waals surface area (Å²) in [4.78, 5) is 12.2.